The van der Waals surface area contributed by atoms with E-state index in [1.54, 1.807) is 22.7 Å². The summed E-state index contributed by atoms with van der Waals surface area (Å²) in [6.07, 6.45) is 8.11. The molecule has 0 saturated heterocycles. The highest BCUT2D eigenvalue weighted by molar-refractivity contribution is 7.20. The van der Waals surface area contributed by atoms with Crippen molar-refractivity contribution in [1.82, 2.24) is 28.7 Å². The van der Waals surface area contributed by atoms with E-state index in [1.807, 2.05) is 94.3 Å². The van der Waals surface area contributed by atoms with Crippen LogP contribution in [0, 0.1) is 0 Å². The number of hydrogen-bond acceptors (Lipinski definition) is 8. The van der Waals surface area contributed by atoms with Gasteiger partial charge in [-0.05, 0) is 35.0 Å². The lowest BCUT2D eigenvalue weighted by Gasteiger charge is -1.96. The summed E-state index contributed by atoms with van der Waals surface area (Å²) < 4.78 is 16.5. The maximum absolute atomic E-state index is 6.24. The van der Waals surface area contributed by atoms with Gasteiger partial charge in [0, 0.05) is 35.9 Å². The molecule has 0 aliphatic heterocycles. The van der Waals surface area contributed by atoms with Crippen LogP contribution in [0.1, 0.15) is 0 Å². The Hall–Kier alpha value is -5.58. The lowest BCUT2D eigenvalue weighted by atomic mass is 10.1. The standard InChI is InChI=1S/C34H18N6O2S2/c1-3-7-19(8-4-1)25-15-39-17-29(43-33(39)37-25)31-35-23-11-21-14-28-24(12-22(21)13-27(23)41-31)36-32(42-28)30-18-40-16-26(38-34(40)44-30)20-9-5-2-6-10-20/h1-18H. The molecule has 44 heavy (non-hydrogen) atoms. The molecule has 6 heterocycles. The molecule has 0 unspecified atom stereocenters. The largest absolute Gasteiger partial charge is 0.435 e. The fourth-order valence-electron chi connectivity index (χ4n) is 5.59. The van der Waals surface area contributed by atoms with Gasteiger partial charge in [0.2, 0.25) is 11.8 Å². The average Bonchev–Trinajstić information content (AvgIpc) is 3.88. The molecule has 4 aromatic carbocycles. The van der Waals surface area contributed by atoms with Gasteiger partial charge in [0.15, 0.2) is 21.1 Å². The Balaban J connectivity index is 0.982. The van der Waals surface area contributed by atoms with Gasteiger partial charge in [-0.2, -0.15) is 0 Å². The van der Waals surface area contributed by atoms with E-state index in [-0.39, 0.29) is 0 Å². The maximum Gasteiger partial charge on any atom is 0.239 e. The van der Waals surface area contributed by atoms with Gasteiger partial charge in [-0.15, -0.1) is 0 Å². The van der Waals surface area contributed by atoms with E-state index in [2.05, 4.69) is 24.3 Å². The van der Waals surface area contributed by atoms with Crippen LogP contribution in [0.5, 0.6) is 0 Å². The Morgan fingerprint density at radius 2 is 0.955 bits per heavy atom. The molecule has 0 radical (unpaired) electrons. The van der Waals surface area contributed by atoms with Crippen molar-refractivity contribution in [2.24, 2.45) is 0 Å². The highest BCUT2D eigenvalue weighted by Gasteiger charge is 2.18. The lowest BCUT2D eigenvalue weighted by molar-refractivity contribution is 0.621. The van der Waals surface area contributed by atoms with Crippen molar-refractivity contribution in [3.8, 4) is 44.1 Å². The minimum atomic E-state index is 0.578. The summed E-state index contributed by atoms with van der Waals surface area (Å²) in [5.74, 6) is 1.16. The zero-order chi connectivity index (χ0) is 28.8. The number of nitrogens with zero attached hydrogens (tertiary/aromatic N) is 6. The molecule has 10 aromatic rings. The third-order valence-corrected chi connectivity index (χ3v) is 9.69. The number of thiazole rings is 2. The fourth-order valence-corrected chi connectivity index (χ4v) is 7.38. The summed E-state index contributed by atoms with van der Waals surface area (Å²) in [5.41, 5.74) is 7.09. The van der Waals surface area contributed by atoms with Gasteiger partial charge in [0.1, 0.15) is 20.8 Å². The number of oxazole rings is 2. The van der Waals surface area contributed by atoms with Gasteiger partial charge in [-0.25, -0.2) is 19.9 Å². The summed E-state index contributed by atoms with van der Waals surface area (Å²) in [4.78, 5) is 22.9. The van der Waals surface area contributed by atoms with Crippen molar-refractivity contribution < 1.29 is 8.83 Å². The molecule has 0 saturated carbocycles. The van der Waals surface area contributed by atoms with Gasteiger partial charge in [-0.3, -0.25) is 8.80 Å². The van der Waals surface area contributed by atoms with Crippen LogP contribution in [0.4, 0.5) is 0 Å². The van der Waals surface area contributed by atoms with E-state index < -0.39 is 0 Å². The zero-order valence-corrected chi connectivity index (χ0v) is 24.3. The van der Waals surface area contributed by atoms with Crippen molar-refractivity contribution in [3.63, 3.8) is 0 Å². The molecule has 0 fully saturated rings. The Morgan fingerprint density at radius 1 is 0.500 bits per heavy atom. The first kappa shape index (κ1) is 23.9. The van der Waals surface area contributed by atoms with E-state index >= 15 is 0 Å². The molecule has 0 atom stereocenters. The van der Waals surface area contributed by atoms with Gasteiger partial charge in [0.25, 0.3) is 0 Å². The number of benzene rings is 4. The van der Waals surface area contributed by atoms with Gasteiger partial charge < -0.3 is 8.83 Å². The maximum atomic E-state index is 6.24. The Morgan fingerprint density at radius 3 is 1.39 bits per heavy atom. The molecule has 0 spiro atoms. The summed E-state index contributed by atoms with van der Waals surface area (Å²) in [6, 6.07) is 28.5. The normalized spacial score (nSPS) is 12.1. The first-order valence-electron chi connectivity index (χ1n) is 13.9. The van der Waals surface area contributed by atoms with Crippen LogP contribution in [0.25, 0.3) is 86.9 Å². The van der Waals surface area contributed by atoms with Crippen molar-refractivity contribution in [2.45, 2.75) is 0 Å². The number of hydrogen-bond donors (Lipinski definition) is 0. The SMILES string of the molecule is c1ccc(-c2cn3cc(-c4nc5cc6cc7oc(-c8cn9cc(-c%10ccccc%10)nc9s8)nc7cc6cc5o4)sc3n2)cc1. The van der Waals surface area contributed by atoms with Gasteiger partial charge >= 0.3 is 0 Å². The van der Waals surface area contributed by atoms with E-state index in [9.17, 15) is 0 Å². The van der Waals surface area contributed by atoms with Crippen molar-refractivity contribution in [1.29, 1.82) is 0 Å². The van der Waals surface area contributed by atoms with E-state index in [0.717, 1.165) is 75.2 Å². The molecular formula is C34H18N6O2S2. The minimum Gasteiger partial charge on any atom is -0.435 e. The smallest absolute Gasteiger partial charge is 0.239 e. The highest BCUT2D eigenvalue weighted by Crippen LogP contribution is 2.36. The third-order valence-electron chi connectivity index (χ3n) is 7.73. The van der Waals surface area contributed by atoms with Crippen LogP contribution in [-0.2, 0) is 0 Å². The first-order chi connectivity index (χ1) is 21.7. The molecule has 0 aliphatic rings. The topological polar surface area (TPSA) is 86.7 Å². The number of aromatic nitrogens is 6. The van der Waals surface area contributed by atoms with Crippen LogP contribution in [0.3, 0.4) is 0 Å². The molecule has 8 nitrogen and oxygen atoms in total. The fraction of sp³-hybridized carbons (Fsp3) is 0. The summed E-state index contributed by atoms with van der Waals surface area (Å²) in [6.45, 7) is 0. The second kappa shape index (κ2) is 8.96. The van der Waals surface area contributed by atoms with Crippen LogP contribution in [-0.4, -0.2) is 28.7 Å². The minimum absolute atomic E-state index is 0.578. The summed E-state index contributed by atoms with van der Waals surface area (Å²) in [5, 5.41) is 2.02. The van der Waals surface area contributed by atoms with E-state index in [0.29, 0.717) is 11.8 Å². The van der Waals surface area contributed by atoms with Crippen molar-refractivity contribution in [2.75, 3.05) is 0 Å². The Bertz CT molecular complexity index is 2360. The second-order valence-corrected chi connectivity index (χ2v) is 12.6. The molecule has 0 bridgehead atoms. The monoisotopic (exact) mass is 606 g/mol. The van der Waals surface area contributed by atoms with Crippen LogP contribution >= 0.6 is 22.7 Å². The number of rotatable bonds is 4. The van der Waals surface area contributed by atoms with E-state index in [1.165, 1.54) is 0 Å². The van der Waals surface area contributed by atoms with E-state index in [4.69, 9.17) is 28.8 Å². The number of imidazole rings is 2. The summed E-state index contributed by atoms with van der Waals surface area (Å²) >= 11 is 3.11. The zero-order valence-electron chi connectivity index (χ0n) is 22.7. The molecule has 10 heteroatoms. The molecule has 0 N–H and O–H groups in total. The Labute approximate surface area is 256 Å². The average molecular weight is 607 g/mol. The van der Waals surface area contributed by atoms with Gasteiger partial charge in [0.05, 0.1) is 11.4 Å². The second-order valence-electron chi connectivity index (χ2n) is 10.6. The third kappa shape index (κ3) is 3.75. The molecule has 6 aromatic heterocycles. The predicted molar refractivity (Wildman–Crippen MR) is 174 cm³/mol. The quantitative estimate of drug-likeness (QED) is 0.199. The first-order valence-corrected chi connectivity index (χ1v) is 15.6. The van der Waals surface area contributed by atoms with Crippen LogP contribution in [0.15, 0.2) is 119 Å². The molecular weight excluding hydrogens is 589 g/mol. The summed E-state index contributed by atoms with van der Waals surface area (Å²) in [7, 11) is 0. The molecule has 10 rings (SSSR count). The highest BCUT2D eigenvalue weighted by atomic mass is 32.1. The van der Waals surface area contributed by atoms with Crippen molar-refractivity contribution >= 4 is 65.6 Å². The van der Waals surface area contributed by atoms with Crippen LogP contribution in [0.2, 0.25) is 0 Å². The van der Waals surface area contributed by atoms with Crippen molar-refractivity contribution in [3.05, 3.63) is 110 Å². The molecule has 0 aliphatic carbocycles. The Kier molecular flexibility index (Phi) is 4.87. The van der Waals surface area contributed by atoms with Crippen LogP contribution < -0.4 is 0 Å². The predicted octanol–water partition coefficient (Wildman–Crippen LogP) is 9.21. The lowest BCUT2D eigenvalue weighted by Crippen LogP contribution is -1.77. The molecule has 208 valence electrons. The van der Waals surface area contributed by atoms with Gasteiger partial charge in [-0.1, -0.05) is 83.3 Å². The molecule has 0 amide bonds. The number of fused-ring (bicyclic) bond motifs is 5.